The van der Waals surface area contributed by atoms with E-state index in [1.54, 1.807) is 16.5 Å². The Bertz CT molecular complexity index is 738. The number of hydrogen-bond donors (Lipinski definition) is 2. The molecule has 1 saturated heterocycles. The van der Waals surface area contributed by atoms with Crippen LogP contribution in [0, 0.1) is 6.92 Å². The highest BCUT2D eigenvalue weighted by atomic mass is 32.1. The number of nitrogens with one attached hydrogen (secondary N) is 1. The normalized spacial score (nSPS) is 17.2. The van der Waals surface area contributed by atoms with Crippen LogP contribution in [0.5, 0.6) is 0 Å². The zero-order chi connectivity index (χ0) is 17.4. The molecule has 1 atom stereocenters. The van der Waals surface area contributed by atoms with Crippen molar-refractivity contribution in [3.05, 3.63) is 16.6 Å². The van der Waals surface area contributed by atoms with Crippen molar-refractivity contribution < 1.29 is 9.59 Å². The van der Waals surface area contributed by atoms with Gasteiger partial charge in [0.2, 0.25) is 5.91 Å². The van der Waals surface area contributed by atoms with Gasteiger partial charge in [-0.1, -0.05) is 0 Å². The topological polar surface area (TPSA) is 93.2 Å². The Kier molecular flexibility index (Phi) is 4.60. The van der Waals surface area contributed by atoms with Gasteiger partial charge in [0.1, 0.15) is 10.9 Å². The third-order valence-electron chi connectivity index (χ3n) is 4.49. The van der Waals surface area contributed by atoms with Crippen molar-refractivity contribution in [3.8, 4) is 0 Å². The standard InChI is InChI=1S/C16H23N5O2S/c1-9-12-8-13(24-16(12)20(3)19-9)14(22)18-10(2)15(23)21-6-4-11(17)5-7-21/h8,10-11H,4-7,17H2,1-3H3,(H,18,22). The van der Waals surface area contributed by atoms with Crippen LogP contribution >= 0.6 is 11.3 Å². The number of likely N-dealkylation sites (tertiary alicyclic amines) is 1. The Morgan fingerprint density at radius 3 is 2.71 bits per heavy atom. The summed E-state index contributed by atoms with van der Waals surface area (Å²) in [6.45, 7) is 4.97. The molecule has 3 rings (SSSR count). The van der Waals surface area contributed by atoms with Gasteiger partial charge in [0.15, 0.2) is 0 Å². The molecule has 0 saturated carbocycles. The van der Waals surface area contributed by atoms with E-state index in [4.69, 9.17) is 5.73 Å². The molecule has 7 nitrogen and oxygen atoms in total. The zero-order valence-corrected chi connectivity index (χ0v) is 15.0. The van der Waals surface area contributed by atoms with Gasteiger partial charge in [-0.15, -0.1) is 11.3 Å². The maximum Gasteiger partial charge on any atom is 0.262 e. The smallest absolute Gasteiger partial charge is 0.262 e. The minimum absolute atomic E-state index is 0.0470. The van der Waals surface area contributed by atoms with E-state index in [9.17, 15) is 9.59 Å². The van der Waals surface area contributed by atoms with Crippen LogP contribution in [0.4, 0.5) is 0 Å². The molecule has 0 spiro atoms. The van der Waals surface area contributed by atoms with E-state index >= 15 is 0 Å². The maximum atomic E-state index is 12.5. The molecule has 0 radical (unpaired) electrons. The summed E-state index contributed by atoms with van der Waals surface area (Å²) in [5.74, 6) is -0.264. The first-order valence-corrected chi connectivity index (χ1v) is 8.97. The summed E-state index contributed by atoms with van der Waals surface area (Å²) in [5.41, 5.74) is 6.77. The summed E-state index contributed by atoms with van der Waals surface area (Å²) in [7, 11) is 1.86. The number of piperidine rings is 1. The predicted molar refractivity (Wildman–Crippen MR) is 94.0 cm³/mol. The fourth-order valence-electron chi connectivity index (χ4n) is 3.04. The number of aryl methyl sites for hydroxylation is 2. The van der Waals surface area contributed by atoms with Gasteiger partial charge < -0.3 is 16.0 Å². The minimum Gasteiger partial charge on any atom is -0.341 e. The Balaban J connectivity index is 1.66. The van der Waals surface area contributed by atoms with E-state index in [1.807, 2.05) is 20.0 Å². The van der Waals surface area contributed by atoms with E-state index in [0.717, 1.165) is 28.8 Å². The number of nitrogens with zero attached hydrogens (tertiary/aromatic N) is 3. The Labute approximate surface area is 144 Å². The first-order valence-electron chi connectivity index (χ1n) is 8.15. The molecule has 2 amide bonds. The monoisotopic (exact) mass is 349 g/mol. The fraction of sp³-hybridized carbons (Fsp3) is 0.562. The van der Waals surface area contributed by atoms with E-state index in [-0.39, 0.29) is 17.9 Å². The molecule has 1 fully saturated rings. The third-order valence-corrected chi connectivity index (χ3v) is 5.69. The van der Waals surface area contributed by atoms with Crippen molar-refractivity contribution in [2.45, 2.75) is 38.8 Å². The van der Waals surface area contributed by atoms with Gasteiger partial charge >= 0.3 is 0 Å². The van der Waals surface area contributed by atoms with Gasteiger partial charge in [-0.3, -0.25) is 14.3 Å². The second kappa shape index (κ2) is 6.52. The highest BCUT2D eigenvalue weighted by Gasteiger charge is 2.26. The second-order valence-corrected chi connectivity index (χ2v) is 7.43. The van der Waals surface area contributed by atoms with Crippen LogP contribution in [0.15, 0.2) is 6.07 Å². The summed E-state index contributed by atoms with van der Waals surface area (Å²) in [6, 6.07) is 1.47. The summed E-state index contributed by atoms with van der Waals surface area (Å²) in [5, 5.41) is 8.13. The molecule has 2 aromatic rings. The van der Waals surface area contributed by atoms with Crippen LogP contribution in [0.2, 0.25) is 0 Å². The number of thiophene rings is 1. The summed E-state index contributed by atoms with van der Waals surface area (Å²) < 4.78 is 1.78. The number of fused-ring (bicyclic) bond motifs is 1. The molecule has 1 unspecified atom stereocenters. The minimum atomic E-state index is -0.545. The molecule has 130 valence electrons. The Hall–Kier alpha value is -1.93. The fourth-order valence-corrected chi connectivity index (χ4v) is 4.07. The molecule has 3 N–H and O–H groups in total. The lowest BCUT2D eigenvalue weighted by molar-refractivity contribution is -0.133. The van der Waals surface area contributed by atoms with Crippen molar-refractivity contribution in [1.82, 2.24) is 20.0 Å². The van der Waals surface area contributed by atoms with Gasteiger partial charge in [0.25, 0.3) is 5.91 Å². The van der Waals surface area contributed by atoms with Crippen molar-refractivity contribution in [2.75, 3.05) is 13.1 Å². The van der Waals surface area contributed by atoms with Crippen LogP contribution in [-0.4, -0.2) is 51.7 Å². The quantitative estimate of drug-likeness (QED) is 0.865. The van der Waals surface area contributed by atoms with Crippen molar-refractivity contribution >= 4 is 33.4 Å². The van der Waals surface area contributed by atoms with E-state index in [2.05, 4.69) is 10.4 Å². The van der Waals surface area contributed by atoms with Crippen molar-refractivity contribution in [3.63, 3.8) is 0 Å². The SMILES string of the molecule is Cc1nn(C)c2sc(C(=O)NC(C)C(=O)N3CCC(N)CC3)cc12. The van der Waals surface area contributed by atoms with Crippen molar-refractivity contribution in [2.24, 2.45) is 12.8 Å². The first-order chi connectivity index (χ1) is 11.4. The van der Waals surface area contributed by atoms with Crippen LogP contribution in [-0.2, 0) is 11.8 Å². The molecular formula is C16H23N5O2S. The van der Waals surface area contributed by atoms with Crippen LogP contribution in [0.3, 0.4) is 0 Å². The number of rotatable bonds is 3. The van der Waals surface area contributed by atoms with Gasteiger partial charge in [-0.05, 0) is 32.8 Å². The predicted octanol–water partition coefficient (Wildman–Crippen LogP) is 1.01. The summed E-state index contributed by atoms with van der Waals surface area (Å²) in [6.07, 6.45) is 1.63. The summed E-state index contributed by atoms with van der Waals surface area (Å²) in [4.78, 5) is 28.3. The van der Waals surface area contributed by atoms with Gasteiger partial charge in [0.05, 0.1) is 10.6 Å². The van der Waals surface area contributed by atoms with Crippen LogP contribution in [0.25, 0.3) is 10.2 Å². The molecule has 24 heavy (non-hydrogen) atoms. The van der Waals surface area contributed by atoms with Gasteiger partial charge in [-0.25, -0.2) is 0 Å². The average Bonchev–Trinajstić information content (AvgIpc) is 3.09. The molecule has 0 aromatic carbocycles. The number of amides is 2. The van der Waals surface area contributed by atoms with Gasteiger partial charge in [0, 0.05) is 31.6 Å². The average molecular weight is 349 g/mol. The molecule has 3 heterocycles. The Morgan fingerprint density at radius 1 is 1.42 bits per heavy atom. The van der Waals surface area contributed by atoms with Crippen LogP contribution < -0.4 is 11.1 Å². The van der Waals surface area contributed by atoms with E-state index in [1.165, 1.54) is 11.3 Å². The number of carbonyl (C=O) groups is 2. The molecule has 0 aliphatic carbocycles. The number of carbonyl (C=O) groups excluding carboxylic acids is 2. The molecule has 2 aromatic heterocycles. The molecular weight excluding hydrogens is 326 g/mol. The second-order valence-electron chi connectivity index (χ2n) is 6.40. The van der Waals surface area contributed by atoms with Crippen molar-refractivity contribution in [1.29, 1.82) is 0 Å². The van der Waals surface area contributed by atoms with Gasteiger partial charge in [-0.2, -0.15) is 5.10 Å². The molecule has 1 aliphatic heterocycles. The molecule has 0 bridgehead atoms. The zero-order valence-electron chi connectivity index (χ0n) is 14.2. The number of nitrogens with two attached hydrogens (primary N) is 1. The van der Waals surface area contributed by atoms with E-state index in [0.29, 0.717) is 18.0 Å². The lowest BCUT2D eigenvalue weighted by Gasteiger charge is -2.32. The Morgan fingerprint density at radius 2 is 2.08 bits per heavy atom. The third kappa shape index (κ3) is 3.16. The first kappa shape index (κ1) is 16.9. The molecule has 1 aliphatic rings. The largest absolute Gasteiger partial charge is 0.341 e. The molecule has 8 heteroatoms. The number of hydrogen-bond acceptors (Lipinski definition) is 5. The highest BCUT2D eigenvalue weighted by molar-refractivity contribution is 7.20. The number of aromatic nitrogens is 2. The van der Waals surface area contributed by atoms with E-state index < -0.39 is 6.04 Å². The highest BCUT2D eigenvalue weighted by Crippen LogP contribution is 2.27. The van der Waals surface area contributed by atoms with Crippen LogP contribution in [0.1, 0.15) is 35.1 Å². The lowest BCUT2D eigenvalue weighted by atomic mass is 10.1. The lowest BCUT2D eigenvalue weighted by Crippen LogP contribution is -2.50. The maximum absolute atomic E-state index is 12.5. The summed E-state index contributed by atoms with van der Waals surface area (Å²) >= 11 is 1.39.